The monoisotopic (exact) mass is 156 g/mol. The maximum absolute atomic E-state index is 5.46. The summed E-state index contributed by atoms with van der Waals surface area (Å²) in [7, 11) is 0. The lowest BCUT2D eigenvalue weighted by Crippen LogP contribution is -2.24. The molecule has 0 amide bonds. The fraction of sp³-hybridized carbons (Fsp3) is 0.429. The third-order valence-electron chi connectivity index (χ3n) is 1.37. The SMILES string of the molecule is CC1COc2sccc2O1. The van der Waals surface area contributed by atoms with Crippen LogP contribution in [0.1, 0.15) is 6.92 Å². The van der Waals surface area contributed by atoms with Crippen molar-refractivity contribution < 1.29 is 9.47 Å². The Hall–Kier alpha value is -0.700. The molecular formula is C7H8O2S. The molecule has 1 aliphatic rings. The molecule has 0 spiro atoms. The zero-order valence-corrected chi connectivity index (χ0v) is 6.48. The quantitative estimate of drug-likeness (QED) is 0.571. The lowest BCUT2D eigenvalue weighted by atomic mass is 10.4. The normalized spacial score (nSPS) is 22.7. The van der Waals surface area contributed by atoms with Crippen LogP contribution in [0.2, 0.25) is 0 Å². The van der Waals surface area contributed by atoms with E-state index in [1.54, 1.807) is 11.3 Å². The fourth-order valence-electron chi connectivity index (χ4n) is 0.920. The third kappa shape index (κ3) is 0.865. The number of fused-ring (bicyclic) bond motifs is 1. The molecule has 0 radical (unpaired) electrons. The summed E-state index contributed by atoms with van der Waals surface area (Å²) in [6, 6.07) is 1.94. The maximum atomic E-state index is 5.46. The van der Waals surface area contributed by atoms with E-state index in [9.17, 15) is 0 Å². The summed E-state index contributed by atoms with van der Waals surface area (Å²) >= 11 is 1.58. The van der Waals surface area contributed by atoms with Gasteiger partial charge in [0, 0.05) is 0 Å². The van der Waals surface area contributed by atoms with Crippen molar-refractivity contribution in [2.24, 2.45) is 0 Å². The average Bonchev–Trinajstić information content (AvgIpc) is 2.33. The van der Waals surface area contributed by atoms with E-state index in [0.717, 1.165) is 10.8 Å². The summed E-state index contributed by atoms with van der Waals surface area (Å²) in [5, 5.41) is 2.89. The molecule has 0 N–H and O–H groups in total. The van der Waals surface area contributed by atoms with Crippen molar-refractivity contribution in [3.05, 3.63) is 11.4 Å². The van der Waals surface area contributed by atoms with E-state index >= 15 is 0 Å². The molecule has 0 bridgehead atoms. The minimum absolute atomic E-state index is 0.196. The van der Waals surface area contributed by atoms with Gasteiger partial charge in [0.1, 0.15) is 12.7 Å². The molecular weight excluding hydrogens is 148 g/mol. The Balaban J connectivity index is 2.30. The standard InChI is InChI=1S/C7H8O2S/c1-5-4-8-7-6(9-5)2-3-10-7/h2-3,5H,4H2,1H3. The molecule has 0 aliphatic carbocycles. The lowest BCUT2D eigenvalue weighted by Gasteiger charge is -2.20. The van der Waals surface area contributed by atoms with Crippen molar-refractivity contribution in [3.63, 3.8) is 0 Å². The van der Waals surface area contributed by atoms with Crippen LogP contribution in [0.25, 0.3) is 0 Å². The molecule has 1 aromatic heterocycles. The number of thiophene rings is 1. The largest absolute Gasteiger partial charge is 0.482 e. The second-order valence-electron chi connectivity index (χ2n) is 2.31. The van der Waals surface area contributed by atoms with Crippen LogP contribution in [0.4, 0.5) is 0 Å². The van der Waals surface area contributed by atoms with Gasteiger partial charge in [0.2, 0.25) is 5.06 Å². The van der Waals surface area contributed by atoms with Gasteiger partial charge >= 0.3 is 0 Å². The first-order valence-corrected chi connectivity index (χ1v) is 4.11. The van der Waals surface area contributed by atoms with E-state index in [-0.39, 0.29) is 6.10 Å². The second kappa shape index (κ2) is 2.16. The smallest absolute Gasteiger partial charge is 0.217 e. The van der Waals surface area contributed by atoms with E-state index in [1.165, 1.54) is 0 Å². The van der Waals surface area contributed by atoms with Crippen molar-refractivity contribution in [1.29, 1.82) is 0 Å². The van der Waals surface area contributed by atoms with Crippen molar-refractivity contribution in [1.82, 2.24) is 0 Å². The van der Waals surface area contributed by atoms with Crippen LogP contribution in [0.15, 0.2) is 11.4 Å². The Morgan fingerprint density at radius 2 is 2.60 bits per heavy atom. The highest BCUT2D eigenvalue weighted by molar-refractivity contribution is 7.12. The van der Waals surface area contributed by atoms with E-state index in [1.807, 2.05) is 18.4 Å². The maximum Gasteiger partial charge on any atom is 0.217 e. The number of hydrogen-bond donors (Lipinski definition) is 0. The van der Waals surface area contributed by atoms with Crippen LogP contribution in [0, 0.1) is 0 Å². The highest BCUT2D eigenvalue weighted by Gasteiger charge is 2.17. The van der Waals surface area contributed by atoms with E-state index in [0.29, 0.717) is 6.61 Å². The fourth-order valence-corrected chi connectivity index (χ4v) is 1.60. The van der Waals surface area contributed by atoms with Crippen molar-refractivity contribution >= 4 is 11.3 Å². The first kappa shape index (κ1) is 6.04. The van der Waals surface area contributed by atoms with Gasteiger partial charge in [-0.1, -0.05) is 0 Å². The van der Waals surface area contributed by atoms with Gasteiger partial charge in [0.05, 0.1) is 0 Å². The molecule has 2 rings (SSSR count). The molecule has 1 aliphatic heterocycles. The van der Waals surface area contributed by atoms with Gasteiger partial charge in [0.15, 0.2) is 5.75 Å². The lowest BCUT2D eigenvalue weighted by molar-refractivity contribution is 0.109. The molecule has 1 atom stereocenters. The summed E-state index contributed by atoms with van der Waals surface area (Å²) in [5.41, 5.74) is 0. The summed E-state index contributed by atoms with van der Waals surface area (Å²) in [6.07, 6.45) is 0.196. The number of rotatable bonds is 0. The average molecular weight is 156 g/mol. The number of hydrogen-bond acceptors (Lipinski definition) is 3. The molecule has 2 heterocycles. The van der Waals surface area contributed by atoms with Crippen LogP contribution in [-0.4, -0.2) is 12.7 Å². The van der Waals surface area contributed by atoms with Gasteiger partial charge in [-0.15, -0.1) is 11.3 Å². The number of ether oxygens (including phenoxy) is 2. The van der Waals surface area contributed by atoms with E-state index in [4.69, 9.17) is 9.47 Å². The van der Waals surface area contributed by atoms with Crippen LogP contribution in [-0.2, 0) is 0 Å². The highest BCUT2D eigenvalue weighted by atomic mass is 32.1. The van der Waals surface area contributed by atoms with Crippen LogP contribution < -0.4 is 9.47 Å². The summed E-state index contributed by atoms with van der Waals surface area (Å²) in [4.78, 5) is 0. The van der Waals surface area contributed by atoms with Crippen molar-refractivity contribution in [2.45, 2.75) is 13.0 Å². The minimum Gasteiger partial charge on any atom is -0.482 e. The predicted molar refractivity (Wildman–Crippen MR) is 39.9 cm³/mol. The van der Waals surface area contributed by atoms with Gasteiger partial charge in [0.25, 0.3) is 0 Å². The molecule has 54 valence electrons. The van der Waals surface area contributed by atoms with Crippen LogP contribution in [0.3, 0.4) is 0 Å². The Morgan fingerprint density at radius 3 is 3.50 bits per heavy atom. The summed E-state index contributed by atoms with van der Waals surface area (Å²) < 4.78 is 10.8. The molecule has 0 saturated heterocycles. The van der Waals surface area contributed by atoms with Gasteiger partial charge in [-0.25, -0.2) is 0 Å². The molecule has 3 heteroatoms. The Morgan fingerprint density at radius 1 is 1.70 bits per heavy atom. The van der Waals surface area contributed by atoms with Crippen molar-refractivity contribution in [2.75, 3.05) is 6.61 Å². The summed E-state index contributed by atoms with van der Waals surface area (Å²) in [5.74, 6) is 0.892. The van der Waals surface area contributed by atoms with E-state index < -0.39 is 0 Å². The van der Waals surface area contributed by atoms with E-state index in [2.05, 4.69) is 0 Å². The molecule has 0 aromatic carbocycles. The van der Waals surface area contributed by atoms with Crippen molar-refractivity contribution in [3.8, 4) is 10.8 Å². The second-order valence-corrected chi connectivity index (χ2v) is 3.19. The molecule has 10 heavy (non-hydrogen) atoms. The highest BCUT2D eigenvalue weighted by Crippen LogP contribution is 2.36. The molecule has 0 saturated carbocycles. The topological polar surface area (TPSA) is 18.5 Å². The molecule has 2 nitrogen and oxygen atoms in total. The molecule has 1 unspecified atom stereocenters. The minimum atomic E-state index is 0.196. The zero-order chi connectivity index (χ0) is 6.97. The Labute approximate surface area is 63.4 Å². The predicted octanol–water partition coefficient (Wildman–Crippen LogP) is 1.91. The van der Waals surface area contributed by atoms with Crippen LogP contribution in [0.5, 0.6) is 10.8 Å². The van der Waals surface area contributed by atoms with Gasteiger partial charge in [-0.2, -0.15) is 0 Å². The third-order valence-corrected chi connectivity index (χ3v) is 2.18. The molecule has 0 fully saturated rings. The Bertz CT molecular complexity index is 231. The first-order chi connectivity index (χ1) is 4.86. The summed E-state index contributed by atoms with van der Waals surface area (Å²) in [6.45, 7) is 2.67. The molecule has 1 aromatic rings. The first-order valence-electron chi connectivity index (χ1n) is 3.23. The van der Waals surface area contributed by atoms with Gasteiger partial charge in [-0.05, 0) is 18.4 Å². The van der Waals surface area contributed by atoms with Gasteiger partial charge in [-0.3, -0.25) is 0 Å². The van der Waals surface area contributed by atoms with Gasteiger partial charge < -0.3 is 9.47 Å². The van der Waals surface area contributed by atoms with Crippen LogP contribution >= 0.6 is 11.3 Å². The zero-order valence-electron chi connectivity index (χ0n) is 5.66. The Kier molecular flexibility index (Phi) is 1.31.